The van der Waals surface area contributed by atoms with E-state index in [1.54, 1.807) is 12.1 Å². The van der Waals surface area contributed by atoms with Crippen LogP contribution in [-0.4, -0.2) is 23.3 Å². The number of aromatic nitrogens is 2. The van der Waals surface area contributed by atoms with Crippen LogP contribution < -0.4 is 5.73 Å². The van der Waals surface area contributed by atoms with Crippen LogP contribution in [0.15, 0.2) is 18.2 Å². The fraction of sp³-hybridized carbons (Fsp3) is 0.500. The lowest BCUT2D eigenvalue weighted by molar-refractivity contribution is -0.148. The van der Waals surface area contributed by atoms with Crippen molar-refractivity contribution in [2.45, 2.75) is 26.1 Å². The molecule has 0 radical (unpaired) electrons. The number of nitrogens with two attached hydrogens (primary N) is 1. The van der Waals surface area contributed by atoms with Crippen LogP contribution in [0.5, 0.6) is 0 Å². The molecular weight excluding hydrogens is 283 g/mol. The van der Waals surface area contributed by atoms with Gasteiger partial charge in [0.25, 0.3) is 0 Å². The molecule has 21 heavy (non-hydrogen) atoms. The van der Waals surface area contributed by atoms with Gasteiger partial charge in [-0.25, -0.2) is 4.98 Å². The topological polar surface area (TPSA) is 53.1 Å². The normalized spacial score (nSPS) is 14.0. The maximum atomic E-state index is 13.3. The first kappa shape index (κ1) is 15.6. The quantitative estimate of drug-likeness (QED) is 0.880. The number of alkyl halides is 3. The molecule has 2 rings (SSSR count). The fourth-order valence-electron chi connectivity index (χ4n) is 2.39. The van der Waals surface area contributed by atoms with E-state index >= 15 is 0 Å². The second kappa shape index (κ2) is 5.55. The number of hydrogen-bond donors (Lipinski definition) is 1. The largest absolute Gasteiger partial charge is 0.449 e. The van der Waals surface area contributed by atoms with Gasteiger partial charge in [0.05, 0.1) is 23.7 Å². The Bertz CT molecular complexity index is 634. The highest BCUT2D eigenvalue weighted by Crippen LogP contribution is 2.36. The monoisotopic (exact) mass is 301 g/mol. The van der Waals surface area contributed by atoms with E-state index < -0.39 is 18.0 Å². The predicted octanol–water partition coefficient (Wildman–Crippen LogP) is 3.48. The van der Waals surface area contributed by atoms with Crippen molar-refractivity contribution < 1.29 is 17.9 Å². The van der Waals surface area contributed by atoms with Crippen molar-refractivity contribution in [2.75, 3.05) is 19.5 Å². The van der Waals surface area contributed by atoms with Crippen LogP contribution in [0.1, 0.15) is 25.7 Å². The molecule has 0 amide bonds. The Labute approximate surface area is 120 Å². The third-order valence-electron chi connectivity index (χ3n) is 3.41. The molecular formula is C14H18F3N3O. The number of nitrogen functional groups attached to an aromatic ring is 1. The molecule has 0 saturated carbocycles. The Morgan fingerprint density at radius 1 is 1.33 bits per heavy atom. The molecule has 0 fully saturated rings. The molecule has 0 aliphatic rings. The van der Waals surface area contributed by atoms with Crippen LogP contribution in [0.2, 0.25) is 0 Å². The maximum absolute atomic E-state index is 13.3. The number of rotatable bonds is 4. The summed E-state index contributed by atoms with van der Waals surface area (Å²) in [4.78, 5) is 3.73. The van der Waals surface area contributed by atoms with Crippen molar-refractivity contribution >= 4 is 16.7 Å². The number of hydrogen-bond acceptors (Lipinski definition) is 3. The van der Waals surface area contributed by atoms with Gasteiger partial charge in [-0.05, 0) is 24.1 Å². The first-order chi connectivity index (χ1) is 9.75. The molecule has 1 aromatic heterocycles. The first-order valence-electron chi connectivity index (χ1n) is 6.59. The van der Waals surface area contributed by atoms with Gasteiger partial charge >= 0.3 is 6.18 Å². The zero-order valence-corrected chi connectivity index (χ0v) is 12.1. The molecule has 4 nitrogen and oxygen atoms in total. The van der Waals surface area contributed by atoms with Crippen molar-refractivity contribution in [3.05, 3.63) is 24.0 Å². The minimum absolute atomic E-state index is 0.0407. The summed E-state index contributed by atoms with van der Waals surface area (Å²) in [5.74, 6) is -0.958. The minimum atomic E-state index is -4.53. The number of ether oxygens (including phenoxy) is 1. The lowest BCUT2D eigenvalue weighted by atomic mass is 10.0. The van der Waals surface area contributed by atoms with Crippen LogP contribution in [-0.2, 0) is 10.9 Å². The molecule has 0 spiro atoms. The SMILES string of the molecule is COCC(C(C)C)n1c(C(F)(F)F)nc2cc(N)ccc21. The van der Waals surface area contributed by atoms with Crippen molar-refractivity contribution in [2.24, 2.45) is 5.92 Å². The van der Waals surface area contributed by atoms with Crippen molar-refractivity contribution in [1.29, 1.82) is 0 Å². The summed E-state index contributed by atoms with van der Waals surface area (Å²) in [7, 11) is 1.47. The average molecular weight is 301 g/mol. The summed E-state index contributed by atoms with van der Waals surface area (Å²) in [6.45, 7) is 3.89. The van der Waals surface area contributed by atoms with Crippen LogP contribution in [0.25, 0.3) is 11.0 Å². The zero-order chi connectivity index (χ0) is 15.8. The van der Waals surface area contributed by atoms with Crippen LogP contribution >= 0.6 is 0 Å². The van der Waals surface area contributed by atoms with Gasteiger partial charge in [0.2, 0.25) is 5.82 Å². The second-order valence-corrected chi connectivity index (χ2v) is 5.32. The van der Waals surface area contributed by atoms with Crippen molar-refractivity contribution in [1.82, 2.24) is 9.55 Å². The summed E-state index contributed by atoms with van der Waals surface area (Å²) in [5, 5.41) is 0. The van der Waals surface area contributed by atoms with Gasteiger partial charge in [-0.15, -0.1) is 0 Å². The molecule has 2 N–H and O–H groups in total. The van der Waals surface area contributed by atoms with E-state index in [1.807, 2.05) is 13.8 Å². The number of halogens is 3. The highest BCUT2D eigenvalue weighted by atomic mass is 19.4. The first-order valence-corrected chi connectivity index (χ1v) is 6.59. The highest BCUT2D eigenvalue weighted by molar-refractivity contribution is 5.80. The maximum Gasteiger partial charge on any atom is 0.449 e. The number of nitrogens with zero attached hydrogens (tertiary/aromatic N) is 2. The van der Waals surface area contributed by atoms with E-state index in [4.69, 9.17) is 10.5 Å². The molecule has 1 aromatic carbocycles. The Kier molecular flexibility index (Phi) is 4.13. The summed E-state index contributed by atoms with van der Waals surface area (Å²) in [5.41, 5.74) is 6.66. The summed E-state index contributed by atoms with van der Waals surface area (Å²) in [6.07, 6.45) is -4.53. The number of fused-ring (bicyclic) bond motifs is 1. The lowest BCUT2D eigenvalue weighted by Gasteiger charge is -2.25. The standard InChI is InChI=1S/C14H18F3N3O/c1-8(2)12(7-21-3)20-11-5-4-9(18)6-10(11)19-13(20)14(15,16)17/h4-6,8,12H,7,18H2,1-3H3. The number of benzene rings is 1. The summed E-state index contributed by atoms with van der Waals surface area (Å²) in [6, 6.07) is 4.13. The third kappa shape index (κ3) is 2.97. The van der Waals surface area contributed by atoms with Crippen LogP contribution in [0.3, 0.4) is 0 Å². The Morgan fingerprint density at radius 2 is 2.00 bits per heavy atom. The highest BCUT2D eigenvalue weighted by Gasteiger charge is 2.39. The molecule has 0 bridgehead atoms. The lowest BCUT2D eigenvalue weighted by Crippen LogP contribution is -2.25. The number of methoxy groups -OCH3 is 1. The summed E-state index contributed by atoms with van der Waals surface area (Å²) >= 11 is 0. The van der Waals surface area contributed by atoms with E-state index in [0.29, 0.717) is 11.2 Å². The summed E-state index contributed by atoms with van der Waals surface area (Å²) < 4.78 is 46.2. The Morgan fingerprint density at radius 3 is 2.52 bits per heavy atom. The molecule has 1 heterocycles. The van der Waals surface area contributed by atoms with Gasteiger partial charge in [-0.3, -0.25) is 0 Å². The molecule has 0 aliphatic heterocycles. The van der Waals surface area contributed by atoms with Gasteiger partial charge in [0, 0.05) is 12.8 Å². The molecule has 0 aliphatic carbocycles. The van der Waals surface area contributed by atoms with E-state index in [2.05, 4.69) is 4.98 Å². The van der Waals surface area contributed by atoms with Gasteiger partial charge in [-0.2, -0.15) is 13.2 Å². The number of anilines is 1. The molecule has 116 valence electrons. The smallest absolute Gasteiger partial charge is 0.399 e. The number of imidazole rings is 1. The molecule has 1 atom stereocenters. The second-order valence-electron chi connectivity index (χ2n) is 5.32. The van der Waals surface area contributed by atoms with E-state index in [9.17, 15) is 13.2 Å². The van der Waals surface area contributed by atoms with Crippen molar-refractivity contribution in [3.63, 3.8) is 0 Å². The molecule has 7 heteroatoms. The van der Waals surface area contributed by atoms with Crippen molar-refractivity contribution in [3.8, 4) is 0 Å². The molecule has 2 aromatic rings. The minimum Gasteiger partial charge on any atom is -0.399 e. The van der Waals surface area contributed by atoms with Gasteiger partial charge < -0.3 is 15.0 Å². The Hall–Kier alpha value is -1.76. The predicted molar refractivity (Wildman–Crippen MR) is 74.9 cm³/mol. The molecule has 0 saturated heterocycles. The van der Waals surface area contributed by atoms with Gasteiger partial charge in [0.1, 0.15) is 0 Å². The van der Waals surface area contributed by atoms with Gasteiger partial charge in [-0.1, -0.05) is 13.8 Å². The zero-order valence-electron chi connectivity index (χ0n) is 12.1. The fourth-order valence-corrected chi connectivity index (χ4v) is 2.39. The van der Waals surface area contributed by atoms with E-state index in [-0.39, 0.29) is 18.0 Å². The van der Waals surface area contributed by atoms with E-state index in [0.717, 1.165) is 0 Å². The van der Waals surface area contributed by atoms with E-state index in [1.165, 1.54) is 17.7 Å². The van der Waals surface area contributed by atoms with Crippen LogP contribution in [0, 0.1) is 5.92 Å². The average Bonchev–Trinajstić information content (AvgIpc) is 2.73. The van der Waals surface area contributed by atoms with Gasteiger partial charge in [0.15, 0.2) is 0 Å². The Balaban J connectivity index is 2.73. The molecule has 1 unspecified atom stereocenters. The van der Waals surface area contributed by atoms with Crippen LogP contribution in [0.4, 0.5) is 18.9 Å². The third-order valence-corrected chi connectivity index (χ3v) is 3.41.